The molecule has 0 aromatic heterocycles. The number of carbonyl (C=O) groups excluding carboxylic acids is 1. The van der Waals surface area contributed by atoms with E-state index in [0.717, 1.165) is 25.8 Å². The lowest BCUT2D eigenvalue weighted by atomic mass is 9.92. The van der Waals surface area contributed by atoms with Crippen LogP contribution in [0.4, 0.5) is 0 Å². The molecule has 0 spiro atoms. The van der Waals surface area contributed by atoms with E-state index in [2.05, 4.69) is 41.8 Å². The van der Waals surface area contributed by atoms with Crippen LogP contribution in [0.3, 0.4) is 0 Å². The first-order chi connectivity index (χ1) is 9.25. The van der Waals surface area contributed by atoms with Gasteiger partial charge >= 0.3 is 0 Å². The van der Waals surface area contributed by atoms with Gasteiger partial charge in [0.25, 0.3) is 0 Å². The van der Waals surface area contributed by atoms with Gasteiger partial charge in [0.2, 0.25) is 5.91 Å². The third-order valence-electron chi connectivity index (χ3n) is 4.50. The van der Waals surface area contributed by atoms with Crippen molar-refractivity contribution >= 4 is 5.91 Å². The number of hydrogen-bond acceptors (Lipinski definition) is 2. The average molecular weight is 258 g/mol. The molecule has 0 saturated carbocycles. The summed E-state index contributed by atoms with van der Waals surface area (Å²) in [6.45, 7) is 3.13. The summed E-state index contributed by atoms with van der Waals surface area (Å²) in [4.78, 5) is 12.4. The van der Waals surface area contributed by atoms with E-state index in [-0.39, 0.29) is 18.0 Å². The van der Waals surface area contributed by atoms with Gasteiger partial charge in [-0.3, -0.25) is 4.79 Å². The van der Waals surface area contributed by atoms with Crippen molar-refractivity contribution in [1.82, 2.24) is 10.6 Å². The number of rotatable bonds is 2. The summed E-state index contributed by atoms with van der Waals surface area (Å²) >= 11 is 0. The van der Waals surface area contributed by atoms with Crippen LogP contribution in [0.15, 0.2) is 24.3 Å². The lowest BCUT2D eigenvalue weighted by molar-refractivity contribution is -0.125. The maximum atomic E-state index is 12.4. The molecule has 1 aliphatic heterocycles. The van der Waals surface area contributed by atoms with E-state index >= 15 is 0 Å². The van der Waals surface area contributed by atoms with Crippen molar-refractivity contribution in [2.75, 3.05) is 6.54 Å². The number of nitrogens with one attached hydrogen (secondary N) is 2. The first kappa shape index (κ1) is 12.7. The maximum absolute atomic E-state index is 12.4. The third-order valence-corrected chi connectivity index (χ3v) is 4.50. The molecule has 102 valence electrons. The molecule has 3 heteroatoms. The highest BCUT2D eigenvalue weighted by atomic mass is 16.2. The van der Waals surface area contributed by atoms with Gasteiger partial charge in [0.05, 0.1) is 12.1 Å². The summed E-state index contributed by atoms with van der Waals surface area (Å²) in [6.07, 6.45) is 4.44. The Hall–Kier alpha value is -1.35. The highest BCUT2D eigenvalue weighted by Crippen LogP contribution is 2.31. The molecule has 3 rings (SSSR count). The Labute approximate surface area is 114 Å². The first-order valence-corrected chi connectivity index (χ1v) is 7.37. The van der Waals surface area contributed by atoms with Crippen molar-refractivity contribution in [1.29, 1.82) is 0 Å². The van der Waals surface area contributed by atoms with Crippen LogP contribution in [0, 0.1) is 5.92 Å². The number of amides is 1. The van der Waals surface area contributed by atoms with Crippen molar-refractivity contribution < 1.29 is 4.79 Å². The molecule has 3 unspecified atom stereocenters. The molecule has 1 aromatic rings. The summed E-state index contributed by atoms with van der Waals surface area (Å²) in [6, 6.07) is 8.65. The molecule has 1 aliphatic carbocycles. The normalized spacial score (nSPS) is 29.8. The van der Waals surface area contributed by atoms with Crippen molar-refractivity contribution in [2.45, 2.75) is 44.7 Å². The average Bonchev–Trinajstić information content (AvgIpc) is 2.83. The Balaban J connectivity index is 1.67. The molecule has 1 aromatic carbocycles. The van der Waals surface area contributed by atoms with Gasteiger partial charge in [-0.2, -0.15) is 0 Å². The molecule has 3 nitrogen and oxygen atoms in total. The number of carbonyl (C=O) groups is 1. The first-order valence-electron chi connectivity index (χ1n) is 7.37. The summed E-state index contributed by atoms with van der Waals surface area (Å²) in [5.74, 6) is 0.610. The van der Waals surface area contributed by atoms with Crippen LogP contribution in [0.5, 0.6) is 0 Å². The van der Waals surface area contributed by atoms with E-state index in [1.807, 2.05) is 0 Å². The molecule has 1 fully saturated rings. The zero-order valence-electron chi connectivity index (χ0n) is 11.5. The topological polar surface area (TPSA) is 41.1 Å². The Morgan fingerprint density at radius 1 is 1.32 bits per heavy atom. The number of benzene rings is 1. The Morgan fingerprint density at radius 2 is 2.16 bits per heavy atom. The van der Waals surface area contributed by atoms with Gasteiger partial charge in [0.15, 0.2) is 0 Å². The molecule has 1 saturated heterocycles. The molecule has 3 atom stereocenters. The van der Waals surface area contributed by atoms with Crippen LogP contribution in [0.1, 0.15) is 43.4 Å². The number of hydrogen-bond donors (Lipinski definition) is 2. The number of piperidine rings is 1. The Morgan fingerprint density at radius 3 is 3.00 bits per heavy atom. The third kappa shape index (κ3) is 2.52. The van der Waals surface area contributed by atoms with E-state index in [1.165, 1.54) is 17.5 Å². The largest absolute Gasteiger partial charge is 0.348 e. The van der Waals surface area contributed by atoms with Gasteiger partial charge in [-0.25, -0.2) is 0 Å². The van der Waals surface area contributed by atoms with Gasteiger partial charge in [0.1, 0.15) is 0 Å². The quantitative estimate of drug-likeness (QED) is 0.853. The van der Waals surface area contributed by atoms with Crippen LogP contribution in [-0.2, 0) is 11.2 Å². The van der Waals surface area contributed by atoms with Crippen LogP contribution in [0.25, 0.3) is 0 Å². The molecule has 2 N–H and O–H groups in total. The lowest BCUT2D eigenvalue weighted by Gasteiger charge is -2.30. The number of fused-ring (bicyclic) bond motifs is 1. The fourth-order valence-electron chi connectivity index (χ4n) is 3.37. The predicted octanol–water partition coefficient (Wildman–Crippen LogP) is 2.18. The molecule has 1 heterocycles. The van der Waals surface area contributed by atoms with Crippen LogP contribution < -0.4 is 10.6 Å². The Kier molecular flexibility index (Phi) is 3.56. The van der Waals surface area contributed by atoms with Gasteiger partial charge in [-0.1, -0.05) is 31.2 Å². The fourth-order valence-corrected chi connectivity index (χ4v) is 3.37. The monoisotopic (exact) mass is 258 g/mol. The van der Waals surface area contributed by atoms with E-state index in [4.69, 9.17) is 0 Å². The van der Waals surface area contributed by atoms with Crippen LogP contribution >= 0.6 is 0 Å². The Bertz CT molecular complexity index is 472. The van der Waals surface area contributed by atoms with E-state index in [0.29, 0.717) is 5.92 Å². The van der Waals surface area contributed by atoms with Crippen molar-refractivity contribution in [2.24, 2.45) is 5.92 Å². The van der Waals surface area contributed by atoms with Crippen molar-refractivity contribution in [3.8, 4) is 0 Å². The summed E-state index contributed by atoms with van der Waals surface area (Å²) in [5.41, 5.74) is 2.69. The van der Waals surface area contributed by atoms with Crippen LogP contribution in [-0.4, -0.2) is 18.5 Å². The second-order valence-corrected chi connectivity index (χ2v) is 5.85. The highest BCUT2D eigenvalue weighted by Gasteiger charge is 2.30. The second-order valence-electron chi connectivity index (χ2n) is 5.85. The molecule has 0 radical (unpaired) electrons. The minimum Gasteiger partial charge on any atom is -0.348 e. The molecule has 1 amide bonds. The van der Waals surface area contributed by atoms with Crippen molar-refractivity contribution in [3.05, 3.63) is 35.4 Å². The minimum atomic E-state index is -0.0125. The summed E-state index contributed by atoms with van der Waals surface area (Å²) < 4.78 is 0. The van der Waals surface area contributed by atoms with Crippen molar-refractivity contribution in [3.63, 3.8) is 0 Å². The molecule has 2 aliphatic rings. The lowest BCUT2D eigenvalue weighted by Crippen LogP contribution is -2.51. The second kappa shape index (κ2) is 5.33. The van der Waals surface area contributed by atoms with E-state index in [1.54, 1.807) is 0 Å². The molecular weight excluding hydrogens is 236 g/mol. The van der Waals surface area contributed by atoms with Gasteiger partial charge in [-0.05, 0) is 49.3 Å². The smallest absolute Gasteiger partial charge is 0.237 e. The van der Waals surface area contributed by atoms with E-state index < -0.39 is 0 Å². The predicted molar refractivity (Wildman–Crippen MR) is 75.8 cm³/mol. The van der Waals surface area contributed by atoms with Gasteiger partial charge < -0.3 is 10.6 Å². The summed E-state index contributed by atoms with van der Waals surface area (Å²) in [5, 5.41) is 6.59. The molecular formula is C16H22N2O. The SMILES string of the molecule is CC1CCCNC1C(=O)NC1CCc2ccccc21. The van der Waals surface area contributed by atoms with Crippen LogP contribution in [0.2, 0.25) is 0 Å². The zero-order chi connectivity index (χ0) is 13.2. The molecule has 0 bridgehead atoms. The fraction of sp³-hybridized carbons (Fsp3) is 0.562. The van der Waals surface area contributed by atoms with Gasteiger partial charge in [0, 0.05) is 0 Å². The standard InChI is InChI=1S/C16H22N2O/c1-11-5-4-10-17-15(11)16(19)18-14-9-8-12-6-2-3-7-13(12)14/h2-3,6-7,11,14-15,17H,4-5,8-10H2,1H3,(H,18,19). The maximum Gasteiger partial charge on any atom is 0.237 e. The zero-order valence-corrected chi connectivity index (χ0v) is 11.5. The van der Waals surface area contributed by atoms with E-state index in [9.17, 15) is 4.79 Å². The highest BCUT2D eigenvalue weighted by molar-refractivity contribution is 5.82. The summed E-state index contributed by atoms with van der Waals surface area (Å²) in [7, 11) is 0. The molecule has 19 heavy (non-hydrogen) atoms. The minimum absolute atomic E-state index is 0.0125. The van der Waals surface area contributed by atoms with Gasteiger partial charge in [-0.15, -0.1) is 0 Å². The number of aryl methyl sites for hydroxylation is 1.